The van der Waals surface area contributed by atoms with Crippen LogP contribution in [-0.4, -0.2) is 46.5 Å². The number of benzene rings is 1. The van der Waals surface area contributed by atoms with Crippen LogP contribution in [0.1, 0.15) is 16.8 Å². The van der Waals surface area contributed by atoms with Crippen LogP contribution in [0.3, 0.4) is 0 Å². The highest BCUT2D eigenvalue weighted by molar-refractivity contribution is 7.12. The van der Waals surface area contributed by atoms with Crippen molar-refractivity contribution in [1.29, 1.82) is 0 Å². The van der Waals surface area contributed by atoms with Crippen molar-refractivity contribution in [2.75, 3.05) is 31.1 Å². The van der Waals surface area contributed by atoms with E-state index in [4.69, 9.17) is 0 Å². The summed E-state index contributed by atoms with van der Waals surface area (Å²) in [5, 5.41) is 2.89. The number of hydrogen-bond donors (Lipinski definition) is 0. The standard InChI is InChI=1S/C21H24N4OS/c1-16-5-6-17(2)19(13-16)23-9-11-24(12-10-23)20(26)14-18-15-27-21(22-18)25-7-3-4-8-25/h3-8,13,15H,9-12,14H2,1-2H3. The molecule has 0 aliphatic carbocycles. The Morgan fingerprint density at radius 1 is 1.11 bits per heavy atom. The SMILES string of the molecule is Cc1ccc(C)c(N2CCN(C(=O)Cc3csc(-n4cccc4)n3)CC2)c1. The molecule has 0 bridgehead atoms. The fourth-order valence-electron chi connectivity index (χ4n) is 3.48. The number of nitrogens with zero attached hydrogens (tertiary/aromatic N) is 4. The predicted octanol–water partition coefficient (Wildman–Crippen LogP) is 3.44. The number of piperazine rings is 1. The first kappa shape index (κ1) is 17.8. The summed E-state index contributed by atoms with van der Waals surface area (Å²) in [7, 11) is 0. The molecule has 0 unspecified atom stereocenters. The van der Waals surface area contributed by atoms with Gasteiger partial charge in [-0.1, -0.05) is 12.1 Å². The molecule has 5 nitrogen and oxygen atoms in total. The van der Waals surface area contributed by atoms with Gasteiger partial charge in [0.2, 0.25) is 5.91 Å². The van der Waals surface area contributed by atoms with Gasteiger partial charge in [0.25, 0.3) is 0 Å². The van der Waals surface area contributed by atoms with Gasteiger partial charge in [0.15, 0.2) is 5.13 Å². The lowest BCUT2D eigenvalue weighted by Crippen LogP contribution is -2.49. The summed E-state index contributed by atoms with van der Waals surface area (Å²) >= 11 is 1.57. The van der Waals surface area contributed by atoms with Crippen LogP contribution in [0.15, 0.2) is 48.1 Å². The topological polar surface area (TPSA) is 41.4 Å². The number of anilines is 1. The summed E-state index contributed by atoms with van der Waals surface area (Å²) in [4.78, 5) is 21.6. The monoisotopic (exact) mass is 380 g/mol. The molecule has 0 atom stereocenters. The molecule has 1 aromatic carbocycles. The molecular weight excluding hydrogens is 356 g/mol. The van der Waals surface area contributed by atoms with Crippen LogP contribution >= 0.6 is 11.3 Å². The van der Waals surface area contributed by atoms with E-state index in [1.807, 2.05) is 39.4 Å². The summed E-state index contributed by atoms with van der Waals surface area (Å²) < 4.78 is 1.97. The van der Waals surface area contributed by atoms with Gasteiger partial charge in [0.05, 0.1) is 12.1 Å². The van der Waals surface area contributed by atoms with E-state index < -0.39 is 0 Å². The van der Waals surface area contributed by atoms with Crippen molar-refractivity contribution in [3.63, 3.8) is 0 Å². The molecule has 0 radical (unpaired) electrons. The number of carbonyl (C=O) groups is 1. The molecule has 1 aliphatic rings. The van der Waals surface area contributed by atoms with E-state index in [2.05, 4.69) is 41.9 Å². The maximum absolute atomic E-state index is 12.7. The Bertz CT molecular complexity index is 924. The van der Waals surface area contributed by atoms with E-state index in [0.717, 1.165) is 37.0 Å². The molecule has 1 fully saturated rings. The Balaban J connectivity index is 1.35. The number of hydrogen-bond acceptors (Lipinski definition) is 4. The number of thiazole rings is 1. The van der Waals surface area contributed by atoms with E-state index in [-0.39, 0.29) is 5.91 Å². The van der Waals surface area contributed by atoms with E-state index in [1.54, 1.807) is 11.3 Å². The highest BCUT2D eigenvalue weighted by Gasteiger charge is 2.23. The van der Waals surface area contributed by atoms with Gasteiger partial charge in [0, 0.05) is 49.6 Å². The smallest absolute Gasteiger partial charge is 0.228 e. The molecule has 3 heterocycles. The molecule has 1 amide bonds. The van der Waals surface area contributed by atoms with Crippen molar-refractivity contribution < 1.29 is 4.79 Å². The Labute approximate surface area is 163 Å². The van der Waals surface area contributed by atoms with Crippen LogP contribution in [-0.2, 0) is 11.2 Å². The molecular formula is C21H24N4OS. The minimum absolute atomic E-state index is 0.167. The third kappa shape index (κ3) is 3.90. The lowest BCUT2D eigenvalue weighted by molar-refractivity contribution is -0.130. The van der Waals surface area contributed by atoms with Crippen LogP contribution in [0.25, 0.3) is 5.13 Å². The minimum Gasteiger partial charge on any atom is -0.368 e. The minimum atomic E-state index is 0.167. The van der Waals surface area contributed by atoms with Gasteiger partial charge in [-0.05, 0) is 43.2 Å². The van der Waals surface area contributed by atoms with Crippen molar-refractivity contribution in [2.24, 2.45) is 0 Å². The van der Waals surface area contributed by atoms with Gasteiger partial charge in [0.1, 0.15) is 0 Å². The third-order valence-corrected chi connectivity index (χ3v) is 5.94. The summed E-state index contributed by atoms with van der Waals surface area (Å²) in [5.74, 6) is 0.167. The fraction of sp³-hybridized carbons (Fsp3) is 0.333. The molecule has 1 saturated heterocycles. The van der Waals surface area contributed by atoms with Gasteiger partial charge < -0.3 is 14.4 Å². The number of rotatable bonds is 4. The van der Waals surface area contributed by atoms with E-state index in [1.165, 1.54) is 16.8 Å². The lowest BCUT2D eigenvalue weighted by atomic mass is 10.1. The zero-order chi connectivity index (χ0) is 18.8. The normalized spacial score (nSPS) is 14.6. The second-order valence-electron chi connectivity index (χ2n) is 7.05. The quantitative estimate of drug-likeness (QED) is 0.696. The zero-order valence-electron chi connectivity index (χ0n) is 15.8. The van der Waals surface area contributed by atoms with Crippen LogP contribution in [0.5, 0.6) is 0 Å². The van der Waals surface area contributed by atoms with Gasteiger partial charge in [-0.25, -0.2) is 4.98 Å². The van der Waals surface area contributed by atoms with Crippen LogP contribution < -0.4 is 4.90 Å². The van der Waals surface area contributed by atoms with Gasteiger partial charge in [-0.3, -0.25) is 4.79 Å². The highest BCUT2D eigenvalue weighted by Crippen LogP contribution is 2.23. The third-order valence-electron chi connectivity index (χ3n) is 5.03. The Morgan fingerprint density at radius 2 is 1.85 bits per heavy atom. The summed E-state index contributed by atoms with van der Waals surface area (Å²) in [6.07, 6.45) is 4.31. The first-order valence-corrected chi connectivity index (χ1v) is 10.2. The maximum atomic E-state index is 12.7. The predicted molar refractivity (Wildman–Crippen MR) is 110 cm³/mol. The zero-order valence-corrected chi connectivity index (χ0v) is 16.6. The van der Waals surface area contributed by atoms with Crippen molar-refractivity contribution in [3.05, 3.63) is 64.9 Å². The Kier molecular flexibility index (Phi) is 4.99. The second-order valence-corrected chi connectivity index (χ2v) is 7.88. The summed E-state index contributed by atoms with van der Waals surface area (Å²) in [5.41, 5.74) is 4.71. The van der Waals surface area contributed by atoms with Crippen molar-refractivity contribution >= 4 is 22.9 Å². The number of aryl methyl sites for hydroxylation is 2. The van der Waals surface area contributed by atoms with Crippen molar-refractivity contribution in [1.82, 2.24) is 14.5 Å². The van der Waals surface area contributed by atoms with Gasteiger partial charge in [-0.15, -0.1) is 11.3 Å². The first-order valence-electron chi connectivity index (χ1n) is 9.28. The van der Waals surface area contributed by atoms with Crippen LogP contribution in [0.4, 0.5) is 5.69 Å². The fourth-order valence-corrected chi connectivity index (χ4v) is 4.27. The summed E-state index contributed by atoms with van der Waals surface area (Å²) in [6, 6.07) is 10.5. The number of aromatic nitrogens is 2. The molecule has 140 valence electrons. The van der Waals surface area contributed by atoms with Crippen molar-refractivity contribution in [2.45, 2.75) is 20.3 Å². The second kappa shape index (κ2) is 7.56. The van der Waals surface area contributed by atoms with E-state index in [0.29, 0.717) is 6.42 Å². The molecule has 1 aliphatic heterocycles. The molecule has 4 rings (SSSR count). The highest BCUT2D eigenvalue weighted by atomic mass is 32.1. The molecule has 27 heavy (non-hydrogen) atoms. The Hall–Kier alpha value is -2.60. The largest absolute Gasteiger partial charge is 0.368 e. The molecule has 3 aromatic rings. The number of carbonyl (C=O) groups excluding carboxylic acids is 1. The molecule has 0 spiro atoms. The average Bonchev–Trinajstić information content (AvgIpc) is 3.35. The van der Waals surface area contributed by atoms with Crippen LogP contribution in [0.2, 0.25) is 0 Å². The molecule has 6 heteroatoms. The lowest BCUT2D eigenvalue weighted by Gasteiger charge is -2.37. The van der Waals surface area contributed by atoms with Crippen LogP contribution in [0, 0.1) is 13.8 Å². The van der Waals surface area contributed by atoms with E-state index in [9.17, 15) is 4.79 Å². The van der Waals surface area contributed by atoms with Gasteiger partial charge >= 0.3 is 0 Å². The number of amides is 1. The van der Waals surface area contributed by atoms with E-state index >= 15 is 0 Å². The maximum Gasteiger partial charge on any atom is 0.228 e. The molecule has 0 N–H and O–H groups in total. The molecule has 2 aromatic heterocycles. The Morgan fingerprint density at radius 3 is 2.59 bits per heavy atom. The van der Waals surface area contributed by atoms with Crippen molar-refractivity contribution in [3.8, 4) is 5.13 Å². The van der Waals surface area contributed by atoms with Gasteiger partial charge in [-0.2, -0.15) is 0 Å². The average molecular weight is 381 g/mol. The summed E-state index contributed by atoms with van der Waals surface area (Å²) in [6.45, 7) is 7.56. The molecule has 0 saturated carbocycles. The first-order chi connectivity index (χ1) is 13.1.